The zero-order valence-electron chi connectivity index (χ0n) is 8.95. The number of hydrogen-bond donors (Lipinski definition) is 1. The minimum Gasteiger partial charge on any atom is -0.375 e. The maximum absolute atomic E-state index is 5.62. The first-order valence-corrected chi connectivity index (χ1v) is 6.02. The Bertz CT molecular complexity index is 610. The minimum absolute atomic E-state index is 0.594. The predicted octanol–water partition coefficient (Wildman–Crippen LogP) is 2.58. The van der Waals surface area contributed by atoms with Gasteiger partial charge in [0.1, 0.15) is 0 Å². The minimum atomic E-state index is 0.594. The lowest BCUT2D eigenvalue weighted by Gasteiger charge is -2.02. The zero-order chi connectivity index (χ0) is 11.7. The van der Waals surface area contributed by atoms with E-state index in [-0.39, 0.29) is 0 Å². The van der Waals surface area contributed by atoms with Crippen LogP contribution < -0.4 is 5.73 Å². The molecule has 2 heterocycles. The van der Waals surface area contributed by atoms with Gasteiger partial charge in [-0.25, -0.2) is 9.67 Å². The van der Waals surface area contributed by atoms with E-state index >= 15 is 0 Å². The number of anilines is 1. The number of benzene rings is 1. The van der Waals surface area contributed by atoms with Crippen molar-refractivity contribution in [3.63, 3.8) is 0 Å². The summed E-state index contributed by atoms with van der Waals surface area (Å²) in [7, 11) is 0. The van der Waals surface area contributed by atoms with Crippen molar-refractivity contribution in [2.75, 3.05) is 5.73 Å². The maximum atomic E-state index is 5.62. The summed E-state index contributed by atoms with van der Waals surface area (Å²) in [6, 6.07) is 9.96. The van der Waals surface area contributed by atoms with Crippen molar-refractivity contribution in [1.29, 1.82) is 0 Å². The van der Waals surface area contributed by atoms with Crippen molar-refractivity contribution in [2.24, 2.45) is 0 Å². The maximum Gasteiger partial charge on any atom is 0.180 e. The number of aromatic nitrogens is 3. The summed E-state index contributed by atoms with van der Waals surface area (Å²) < 4.78 is 1.82. The van der Waals surface area contributed by atoms with Crippen LogP contribution in [0.25, 0.3) is 16.9 Å². The Morgan fingerprint density at radius 2 is 2.00 bits per heavy atom. The van der Waals surface area contributed by atoms with Crippen LogP contribution >= 0.6 is 11.3 Å². The van der Waals surface area contributed by atoms with Crippen molar-refractivity contribution >= 4 is 16.5 Å². The third kappa shape index (κ3) is 1.92. The fourth-order valence-electron chi connectivity index (χ4n) is 1.63. The lowest BCUT2D eigenvalue weighted by molar-refractivity contribution is 0.881. The second kappa shape index (κ2) is 4.03. The van der Waals surface area contributed by atoms with Gasteiger partial charge in [0.15, 0.2) is 5.13 Å². The van der Waals surface area contributed by atoms with E-state index in [0.29, 0.717) is 5.13 Å². The topological polar surface area (TPSA) is 56.7 Å². The molecule has 0 aliphatic carbocycles. The molecule has 0 unspecified atom stereocenters. The van der Waals surface area contributed by atoms with Crippen LogP contribution in [-0.2, 0) is 0 Å². The fourth-order valence-corrected chi connectivity index (χ4v) is 2.20. The molecule has 2 aromatic heterocycles. The van der Waals surface area contributed by atoms with Crippen LogP contribution in [0.2, 0.25) is 0 Å². The molecular weight excluding hydrogens is 232 g/mol. The molecule has 0 spiro atoms. The molecule has 4 nitrogen and oxygen atoms in total. The summed E-state index contributed by atoms with van der Waals surface area (Å²) in [6.45, 7) is 0. The first-order chi connectivity index (χ1) is 8.33. The molecule has 0 aliphatic heterocycles. The van der Waals surface area contributed by atoms with Gasteiger partial charge in [-0.15, -0.1) is 11.3 Å². The molecule has 3 aromatic rings. The van der Waals surface area contributed by atoms with E-state index in [1.54, 1.807) is 6.20 Å². The monoisotopic (exact) mass is 242 g/mol. The average molecular weight is 242 g/mol. The van der Waals surface area contributed by atoms with Crippen molar-refractivity contribution in [3.05, 3.63) is 48.1 Å². The molecule has 0 atom stereocenters. The van der Waals surface area contributed by atoms with Gasteiger partial charge in [0.2, 0.25) is 0 Å². The average Bonchev–Trinajstić information content (AvgIpc) is 3.00. The first-order valence-electron chi connectivity index (χ1n) is 5.14. The third-order valence-electron chi connectivity index (χ3n) is 2.45. The van der Waals surface area contributed by atoms with Gasteiger partial charge >= 0.3 is 0 Å². The van der Waals surface area contributed by atoms with Crippen molar-refractivity contribution < 1.29 is 0 Å². The van der Waals surface area contributed by atoms with Gasteiger partial charge in [0, 0.05) is 23.3 Å². The highest BCUT2D eigenvalue weighted by Crippen LogP contribution is 2.23. The second-order valence-electron chi connectivity index (χ2n) is 3.57. The Balaban J connectivity index is 1.95. The van der Waals surface area contributed by atoms with Gasteiger partial charge in [0.25, 0.3) is 0 Å². The van der Waals surface area contributed by atoms with Crippen LogP contribution in [0.15, 0.2) is 48.1 Å². The fraction of sp³-hybridized carbons (Fsp3) is 0. The number of nitrogen functional groups attached to an aromatic ring is 1. The molecule has 1 aromatic carbocycles. The molecule has 2 N–H and O–H groups in total. The predicted molar refractivity (Wildman–Crippen MR) is 69.1 cm³/mol. The molecule has 17 heavy (non-hydrogen) atoms. The normalized spacial score (nSPS) is 10.6. The van der Waals surface area contributed by atoms with Crippen molar-refractivity contribution in [3.8, 4) is 16.9 Å². The van der Waals surface area contributed by atoms with Crippen LogP contribution in [0, 0.1) is 0 Å². The summed E-state index contributed by atoms with van der Waals surface area (Å²) in [4.78, 5) is 4.25. The molecule has 5 heteroatoms. The molecule has 0 bridgehead atoms. The summed E-state index contributed by atoms with van der Waals surface area (Å²) in [5.41, 5.74) is 8.63. The SMILES string of the molecule is Nc1nc(-c2ccc(-n3cccn3)cc2)cs1. The zero-order valence-corrected chi connectivity index (χ0v) is 9.76. The van der Waals surface area contributed by atoms with Crippen LogP contribution in [0.1, 0.15) is 0 Å². The number of hydrogen-bond acceptors (Lipinski definition) is 4. The molecule has 0 radical (unpaired) electrons. The van der Waals surface area contributed by atoms with Gasteiger partial charge in [-0.1, -0.05) is 12.1 Å². The molecule has 0 saturated heterocycles. The van der Waals surface area contributed by atoms with E-state index in [2.05, 4.69) is 10.1 Å². The van der Waals surface area contributed by atoms with Crippen LogP contribution in [0.3, 0.4) is 0 Å². The lowest BCUT2D eigenvalue weighted by atomic mass is 10.1. The van der Waals surface area contributed by atoms with Crippen LogP contribution in [0.5, 0.6) is 0 Å². The standard InChI is InChI=1S/C12H10N4S/c13-12-15-11(8-17-12)9-2-4-10(5-3-9)16-7-1-6-14-16/h1-8H,(H2,13,15). The van der Waals surface area contributed by atoms with Gasteiger partial charge in [0.05, 0.1) is 11.4 Å². The van der Waals surface area contributed by atoms with Gasteiger partial charge in [-0.2, -0.15) is 5.10 Å². The van der Waals surface area contributed by atoms with Crippen molar-refractivity contribution in [2.45, 2.75) is 0 Å². The molecule has 3 rings (SSSR count). The number of rotatable bonds is 2. The number of thiazole rings is 1. The third-order valence-corrected chi connectivity index (χ3v) is 3.13. The Kier molecular flexibility index (Phi) is 2.38. The van der Waals surface area contributed by atoms with Crippen LogP contribution in [0.4, 0.5) is 5.13 Å². The summed E-state index contributed by atoms with van der Waals surface area (Å²) in [5, 5.41) is 6.73. The lowest BCUT2D eigenvalue weighted by Crippen LogP contribution is -1.93. The summed E-state index contributed by atoms with van der Waals surface area (Å²) in [5.74, 6) is 0. The van der Waals surface area contributed by atoms with E-state index in [1.165, 1.54) is 11.3 Å². The molecule has 0 amide bonds. The van der Waals surface area contributed by atoms with Gasteiger partial charge in [-0.3, -0.25) is 0 Å². The van der Waals surface area contributed by atoms with Gasteiger partial charge in [-0.05, 0) is 18.2 Å². The quantitative estimate of drug-likeness (QED) is 0.751. The second-order valence-corrected chi connectivity index (χ2v) is 4.46. The molecule has 0 aliphatic rings. The molecule has 0 saturated carbocycles. The molecule has 84 valence electrons. The van der Waals surface area contributed by atoms with E-state index < -0.39 is 0 Å². The van der Waals surface area contributed by atoms with E-state index in [4.69, 9.17) is 5.73 Å². The smallest absolute Gasteiger partial charge is 0.180 e. The highest BCUT2D eigenvalue weighted by atomic mass is 32.1. The largest absolute Gasteiger partial charge is 0.375 e. The number of nitrogens with zero attached hydrogens (tertiary/aromatic N) is 3. The Labute approximate surface area is 102 Å². The molecular formula is C12H10N4S. The van der Waals surface area contributed by atoms with E-state index in [1.807, 2.05) is 46.6 Å². The summed E-state index contributed by atoms with van der Waals surface area (Å²) >= 11 is 1.45. The Morgan fingerprint density at radius 3 is 2.59 bits per heavy atom. The highest BCUT2D eigenvalue weighted by Gasteiger charge is 2.02. The van der Waals surface area contributed by atoms with Gasteiger partial charge < -0.3 is 5.73 Å². The van der Waals surface area contributed by atoms with E-state index in [9.17, 15) is 0 Å². The van der Waals surface area contributed by atoms with Crippen molar-refractivity contribution in [1.82, 2.24) is 14.8 Å². The van der Waals surface area contributed by atoms with Crippen LogP contribution in [-0.4, -0.2) is 14.8 Å². The molecule has 0 fully saturated rings. The van der Waals surface area contributed by atoms with E-state index in [0.717, 1.165) is 16.9 Å². The highest BCUT2D eigenvalue weighted by molar-refractivity contribution is 7.13. The first kappa shape index (κ1) is 10.0. The number of nitrogens with two attached hydrogens (primary N) is 1. The Morgan fingerprint density at radius 1 is 1.18 bits per heavy atom. The Hall–Kier alpha value is -2.14. The summed E-state index contributed by atoms with van der Waals surface area (Å²) in [6.07, 6.45) is 3.67.